The van der Waals surface area contributed by atoms with Crippen molar-refractivity contribution in [3.63, 3.8) is 0 Å². The average molecular weight is 547 g/mol. The van der Waals surface area contributed by atoms with E-state index in [0.717, 1.165) is 42.6 Å². The Labute approximate surface area is 230 Å². The van der Waals surface area contributed by atoms with Crippen molar-refractivity contribution in [2.45, 2.75) is 24.9 Å². The zero-order valence-corrected chi connectivity index (χ0v) is 22.1. The second-order valence-corrected chi connectivity index (χ2v) is 10.3. The zero-order chi connectivity index (χ0) is 27.9. The number of aliphatic hydroxyl groups is 2. The summed E-state index contributed by atoms with van der Waals surface area (Å²) in [5.41, 5.74) is 3.17. The van der Waals surface area contributed by atoms with E-state index < -0.39 is 5.60 Å². The Hall–Kier alpha value is -4.15. The first-order valence-corrected chi connectivity index (χ1v) is 13.4. The van der Waals surface area contributed by atoms with E-state index >= 15 is 0 Å². The maximum Gasteiger partial charge on any atom is 0.251 e. The number of methoxy groups -OCH3 is 1. The number of ether oxygens (including phenoxy) is 2. The number of halogens is 1. The Morgan fingerprint density at radius 1 is 1.23 bits per heavy atom. The third kappa shape index (κ3) is 4.63. The Morgan fingerprint density at radius 3 is 2.85 bits per heavy atom. The van der Waals surface area contributed by atoms with E-state index in [4.69, 9.17) is 19.6 Å². The molecule has 0 spiro atoms. The maximum atomic E-state index is 14.4. The highest BCUT2D eigenvalue weighted by Crippen LogP contribution is 2.47. The summed E-state index contributed by atoms with van der Waals surface area (Å²) in [5.74, 6) is 0.0201. The molecule has 0 bridgehead atoms. The molecule has 10 heteroatoms. The molecule has 1 amide bonds. The van der Waals surface area contributed by atoms with Gasteiger partial charge in [-0.2, -0.15) is 0 Å². The van der Waals surface area contributed by atoms with E-state index in [9.17, 15) is 14.3 Å². The van der Waals surface area contributed by atoms with Crippen molar-refractivity contribution in [3.05, 3.63) is 71.3 Å². The van der Waals surface area contributed by atoms with Gasteiger partial charge < -0.3 is 35.3 Å². The Bertz CT molecular complexity index is 1580. The second-order valence-electron chi connectivity index (χ2n) is 10.3. The van der Waals surface area contributed by atoms with Gasteiger partial charge in [0.2, 0.25) is 0 Å². The summed E-state index contributed by atoms with van der Waals surface area (Å²) in [6.07, 6.45) is 4.16. The fourth-order valence-electron chi connectivity index (χ4n) is 5.45. The first-order chi connectivity index (χ1) is 19.4. The van der Waals surface area contributed by atoms with Crippen molar-refractivity contribution in [1.82, 2.24) is 15.3 Å². The predicted octanol–water partition coefficient (Wildman–Crippen LogP) is 3.74. The van der Waals surface area contributed by atoms with Gasteiger partial charge in [-0.25, -0.2) is 9.37 Å². The molecule has 9 nitrogen and oxygen atoms in total. The highest BCUT2D eigenvalue weighted by Gasteiger charge is 2.47. The van der Waals surface area contributed by atoms with Gasteiger partial charge in [0, 0.05) is 29.3 Å². The molecule has 40 heavy (non-hydrogen) atoms. The fourth-order valence-corrected chi connectivity index (χ4v) is 5.45. The van der Waals surface area contributed by atoms with Crippen LogP contribution in [0.4, 0.5) is 10.1 Å². The summed E-state index contributed by atoms with van der Waals surface area (Å²) in [6, 6.07) is 11.6. The van der Waals surface area contributed by atoms with Gasteiger partial charge in [0.15, 0.2) is 11.5 Å². The summed E-state index contributed by atoms with van der Waals surface area (Å²) in [4.78, 5) is 21.1. The predicted molar refractivity (Wildman–Crippen MR) is 148 cm³/mol. The molecule has 2 aromatic carbocycles. The highest BCUT2D eigenvalue weighted by molar-refractivity contribution is 5.98. The van der Waals surface area contributed by atoms with Gasteiger partial charge in [-0.3, -0.25) is 4.79 Å². The summed E-state index contributed by atoms with van der Waals surface area (Å²) < 4.78 is 25.2. The summed E-state index contributed by atoms with van der Waals surface area (Å²) >= 11 is 0. The van der Waals surface area contributed by atoms with Gasteiger partial charge in [0.25, 0.3) is 5.91 Å². The Morgan fingerprint density at radius 2 is 2.08 bits per heavy atom. The minimum absolute atomic E-state index is 0.0251. The number of anilines is 1. The van der Waals surface area contributed by atoms with Crippen molar-refractivity contribution in [2.75, 3.05) is 38.7 Å². The van der Waals surface area contributed by atoms with Crippen LogP contribution in [0.15, 0.2) is 48.7 Å². The number of hydrogen-bond acceptors (Lipinski definition) is 7. The Balaban J connectivity index is 1.31. The normalized spacial score (nSPS) is 15.8. The number of pyridine rings is 1. The number of hydrogen-bond donors (Lipinski definition) is 5. The Kier molecular flexibility index (Phi) is 6.81. The fraction of sp³-hybridized carbons (Fsp3) is 0.333. The molecule has 5 N–H and O–H groups in total. The van der Waals surface area contributed by atoms with E-state index in [1.807, 2.05) is 12.1 Å². The minimum Gasteiger partial charge on any atom is -0.493 e. The monoisotopic (exact) mass is 546 g/mol. The molecule has 1 saturated carbocycles. The van der Waals surface area contributed by atoms with E-state index in [0.29, 0.717) is 39.4 Å². The van der Waals surface area contributed by atoms with Gasteiger partial charge >= 0.3 is 0 Å². The van der Waals surface area contributed by atoms with Gasteiger partial charge in [0.1, 0.15) is 18.0 Å². The third-order valence-electron chi connectivity index (χ3n) is 7.71. The lowest BCUT2D eigenvalue weighted by Gasteiger charge is -2.29. The van der Waals surface area contributed by atoms with Crippen LogP contribution in [0.3, 0.4) is 0 Å². The largest absolute Gasteiger partial charge is 0.493 e. The smallest absolute Gasteiger partial charge is 0.251 e. The number of amides is 1. The minimum atomic E-state index is -1.38. The average Bonchev–Trinajstić information content (AvgIpc) is 3.57. The lowest BCUT2D eigenvalue weighted by Crippen LogP contribution is -2.43. The van der Waals surface area contributed by atoms with E-state index in [-0.39, 0.29) is 37.4 Å². The van der Waals surface area contributed by atoms with Crippen molar-refractivity contribution in [3.8, 4) is 22.8 Å². The van der Waals surface area contributed by atoms with E-state index in [1.165, 1.54) is 13.2 Å². The first-order valence-electron chi connectivity index (χ1n) is 13.4. The first kappa shape index (κ1) is 26.1. The molecule has 0 saturated heterocycles. The van der Waals surface area contributed by atoms with Crippen LogP contribution in [0, 0.1) is 11.7 Å². The SMILES string of the molecule is COc1cc(C(=O)NCC(O)(c2cc3c(c(-c4c[nH]c5c(F)cccc45)n2)NCC3)C2CC2)ccc1OCCO. The van der Waals surface area contributed by atoms with Crippen molar-refractivity contribution in [2.24, 2.45) is 5.92 Å². The summed E-state index contributed by atoms with van der Waals surface area (Å²) in [6.45, 7) is 0.678. The molecule has 0 radical (unpaired) electrons. The van der Waals surface area contributed by atoms with E-state index in [1.54, 1.807) is 30.5 Å². The lowest BCUT2D eigenvalue weighted by atomic mass is 9.90. The molecule has 2 aliphatic rings. The van der Waals surface area contributed by atoms with Crippen LogP contribution in [0.2, 0.25) is 0 Å². The number of carbonyl (C=O) groups excluding carboxylic acids is 1. The van der Waals surface area contributed by atoms with Crippen LogP contribution in [-0.4, -0.2) is 59.5 Å². The molecule has 6 rings (SSSR count). The van der Waals surface area contributed by atoms with Crippen molar-refractivity contribution in [1.29, 1.82) is 0 Å². The number of H-pyrrole nitrogens is 1. The van der Waals surface area contributed by atoms with Crippen molar-refractivity contribution < 1.29 is 28.9 Å². The number of aliphatic hydroxyl groups excluding tert-OH is 1. The standard InChI is InChI=1S/C30H31FN4O5/c1-39-24-13-18(5-8-23(24)40-12-11-36)29(37)34-16-30(38,19-6-7-19)25-14-17-9-10-32-26(17)28(35-25)21-15-33-27-20(21)3-2-4-22(27)31/h2-5,8,13-15,19,32-33,36,38H,6-7,9-12,16H2,1H3,(H,34,37). The number of nitrogens with one attached hydrogen (secondary N) is 3. The number of nitrogens with zero attached hydrogens (tertiary/aromatic N) is 1. The molecule has 4 aromatic rings. The summed E-state index contributed by atoms with van der Waals surface area (Å²) in [7, 11) is 1.47. The number of rotatable bonds is 10. The number of para-hydroxylation sites is 1. The number of carbonyl (C=O) groups is 1. The second kappa shape index (κ2) is 10.4. The van der Waals surface area contributed by atoms with Crippen LogP contribution in [0.1, 0.15) is 34.5 Å². The van der Waals surface area contributed by atoms with Crippen molar-refractivity contribution >= 4 is 22.5 Å². The molecule has 1 unspecified atom stereocenters. The highest BCUT2D eigenvalue weighted by atomic mass is 19.1. The molecule has 208 valence electrons. The van der Waals surface area contributed by atoms with Gasteiger partial charge in [-0.1, -0.05) is 12.1 Å². The van der Waals surface area contributed by atoms with Crippen LogP contribution in [0.25, 0.3) is 22.2 Å². The molecule has 1 aliphatic heterocycles. The van der Waals surface area contributed by atoms with Gasteiger partial charge in [0.05, 0.1) is 42.9 Å². The maximum absolute atomic E-state index is 14.4. The summed E-state index contributed by atoms with van der Waals surface area (Å²) in [5, 5.41) is 28.1. The van der Waals surface area contributed by atoms with E-state index in [2.05, 4.69) is 15.6 Å². The van der Waals surface area contributed by atoms with Gasteiger partial charge in [-0.05, 0) is 61.1 Å². The number of fused-ring (bicyclic) bond motifs is 2. The van der Waals surface area contributed by atoms with Crippen LogP contribution in [0.5, 0.6) is 11.5 Å². The molecular weight excluding hydrogens is 515 g/mol. The van der Waals surface area contributed by atoms with Crippen LogP contribution < -0.4 is 20.1 Å². The molecule has 3 heterocycles. The number of benzene rings is 2. The van der Waals surface area contributed by atoms with Gasteiger partial charge in [-0.15, -0.1) is 0 Å². The molecule has 1 atom stereocenters. The number of aromatic amines is 1. The topological polar surface area (TPSA) is 129 Å². The lowest BCUT2D eigenvalue weighted by molar-refractivity contribution is 0.00955. The molecule has 1 fully saturated rings. The third-order valence-corrected chi connectivity index (χ3v) is 7.71. The number of aromatic nitrogens is 2. The van der Waals surface area contributed by atoms with Crippen LogP contribution in [-0.2, 0) is 12.0 Å². The quantitative estimate of drug-likeness (QED) is 0.205. The zero-order valence-electron chi connectivity index (χ0n) is 22.1. The van der Waals surface area contributed by atoms with Crippen LogP contribution >= 0.6 is 0 Å². The molecular formula is C30H31FN4O5. The molecule has 1 aliphatic carbocycles. The molecule has 2 aromatic heterocycles.